The van der Waals surface area contributed by atoms with Crippen molar-refractivity contribution >= 4 is 17.3 Å². The van der Waals surface area contributed by atoms with E-state index in [1.54, 1.807) is 6.07 Å². The van der Waals surface area contributed by atoms with Crippen LogP contribution in [0, 0.1) is 26.6 Å². The maximum atomic E-state index is 13.7. The van der Waals surface area contributed by atoms with E-state index >= 15 is 0 Å². The van der Waals surface area contributed by atoms with Crippen LogP contribution >= 0.6 is 0 Å². The lowest BCUT2D eigenvalue weighted by atomic mass is 10.0. The van der Waals surface area contributed by atoms with Gasteiger partial charge in [-0.25, -0.2) is 4.39 Å². The van der Waals surface area contributed by atoms with Gasteiger partial charge in [-0.2, -0.15) is 0 Å². The summed E-state index contributed by atoms with van der Waals surface area (Å²) in [6.07, 6.45) is 0.273. The van der Waals surface area contributed by atoms with Gasteiger partial charge in [-0.3, -0.25) is 4.79 Å². The Labute approximate surface area is 182 Å². The zero-order valence-electron chi connectivity index (χ0n) is 18.1. The number of hydrogen-bond donors (Lipinski definition) is 1. The molecule has 1 heterocycles. The fourth-order valence-electron chi connectivity index (χ4n) is 3.83. The van der Waals surface area contributed by atoms with Gasteiger partial charge in [-0.1, -0.05) is 35.9 Å². The summed E-state index contributed by atoms with van der Waals surface area (Å²) >= 11 is 0. The van der Waals surface area contributed by atoms with Crippen LogP contribution in [0.5, 0.6) is 5.75 Å². The zero-order valence-corrected chi connectivity index (χ0v) is 18.1. The van der Waals surface area contributed by atoms with Crippen LogP contribution in [0.4, 0.5) is 15.8 Å². The van der Waals surface area contributed by atoms with Gasteiger partial charge in [0.05, 0.1) is 18.2 Å². The molecule has 31 heavy (non-hydrogen) atoms. The SMILES string of the molecule is Cc1ccc(CN2c3ccc(F)cc3OC[C@H]2CC(=O)Nc2ccc(C)c(C)c2)cc1. The number of benzene rings is 3. The van der Waals surface area contributed by atoms with Crippen LogP contribution in [-0.2, 0) is 11.3 Å². The number of fused-ring (bicyclic) bond motifs is 1. The Morgan fingerprint density at radius 3 is 2.55 bits per heavy atom. The summed E-state index contributed by atoms with van der Waals surface area (Å²) in [5, 5.41) is 3.00. The third-order valence-electron chi connectivity index (χ3n) is 5.79. The van der Waals surface area contributed by atoms with Gasteiger partial charge >= 0.3 is 0 Å². The van der Waals surface area contributed by atoms with E-state index in [4.69, 9.17) is 4.74 Å². The highest BCUT2D eigenvalue weighted by atomic mass is 19.1. The lowest BCUT2D eigenvalue weighted by Gasteiger charge is -2.38. The minimum absolute atomic E-state index is 0.0729. The van der Waals surface area contributed by atoms with Crippen molar-refractivity contribution in [3.63, 3.8) is 0 Å². The van der Waals surface area contributed by atoms with E-state index in [0.717, 1.165) is 22.5 Å². The van der Waals surface area contributed by atoms with Crippen LogP contribution in [0.2, 0.25) is 0 Å². The normalized spacial score (nSPS) is 15.2. The Morgan fingerprint density at radius 2 is 1.81 bits per heavy atom. The van der Waals surface area contributed by atoms with Crippen LogP contribution in [0.15, 0.2) is 60.7 Å². The largest absolute Gasteiger partial charge is 0.489 e. The molecular formula is C26H27FN2O2. The van der Waals surface area contributed by atoms with Gasteiger partial charge in [0.15, 0.2) is 0 Å². The lowest BCUT2D eigenvalue weighted by molar-refractivity contribution is -0.116. The summed E-state index contributed by atoms with van der Waals surface area (Å²) in [5.41, 5.74) is 6.23. The van der Waals surface area contributed by atoms with E-state index in [-0.39, 0.29) is 24.2 Å². The van der Waals surface area contributed by atoms with Gasteiger partial charge in [0.2, 0.25) is 5.91 Å². The Hall–Kier alpha value is -3.34. The van der Waals surface area contributed by atoms with Gasteiger partial charge in [0, 0.05) is 18.3 Å². The molecule has 1 aliphatic heterocycles. The first-order chi connectivity index (χ1) is 14.9. The highest BCUT2D eigenvalue weighted by Crippen LogP contribution is 2.36. The smallest absolute Gasteiger partial charge is 0.226 e. The predicted molar refractivity (Wildman–Crippen MR) is 122 cm³/mol. The minimum Gasteiger partial charge on any atom is -0.489 e. The molecular weight excluding hydrogens is 391 g/mol. The van der Waals surface area contributed by atoms with Crippen LogP contribution < -0.4 is 15.0 Å². The molecule has 160 valence electrons. The number of anilines is 2. The van der Waals surface area contributed by atoms with Crippen LogP contribution in [-0.4, -0.2) is 18.6 Å². The van der Waals surface area contributed by atoms with E-state index in [0.29, 0.717) is 18.9 Å². The van der Waals surface area contributed by atoms with Crippen molar-refractivity contribution < 1.29 is 13.9 Å². The van der Waals surface area contributed by atoms with Gasteiger partial charge in [0.1, 0.15) is 18.2 Å². The molecule has 5 heteroatoms. The molecule has 0 saturated carbocycles. The molecule has 0 unspecified atom stereocenters. The molecule has 3 aromatic rings. The molecule has 0 aromatic heterocycles. The summed E-state index contributed by atoms with van der Waals surface area (Å²) in [5.74, 6) is 0.106. The molecule has 3 aromatic carbocycles. The molecule has 0 aliphatic carbocycles. The number of ether oxygens (including phenoxy) is 1. The summed E-state index contributed by atoms with van der Waals surface area (Å²) in [6, 6.07) is 18.6. The maximum Gasteiger partial charge on any atom is 0.226 e. The summed E-state index contributed by atoms with van der Waals surface area (Å²) in [4.78, 5) is 15.0. The van der Waals surface area contributed by atoms with E-state index in [1.807, 2.05) is 32.0 Å². The third-order valence-corrected chi connectivity index (χ3v) is 5.79. The van der Waals surface area contributed by atoms with Gasteiger partial charge < -0.3 is 15.0 Å². The number of aryl methyl sites for hydroxylation is 3. The van der Waals surface area contributed by atoms with E-state index in [9.17, 15) is 9.18 Å². The Kier molecular flexibility index (Phi) is 5.94. The van der Waals surface area contributed by atoms with Gasteiger partial charge in [0.25, 0.3) is 0 Å². The van der Waals surface area contributed by atoms with Crippen LogP contribution in [0.1, 0.15) is 28.7 Å². The number of rotatable bonds is 5. The Morgan fingerprint density at radius 1 is 1.03 bits per heavy atom. The molecule has 1 N–H and O–H groups in total. The standard InChI is InChI=1S/C26H27FN2O2/c1-17-4-7-20(8-5-17)15-29-23(16-31-25-13-21(27)9-11-24(25)29)14-26(30)28-22-10-6-18(2)19(3)12-22/h4-13,23H,14-16H2,1-3H3,(H,28,30)/t23-/m1/s1. The second-order valence-corrected chi connectivity index (χ2v) is 8.24. The first-order valence-corrected chi connectivity index (χ1v) is 10.5. The molecule has 0 saturated heterocycles. The molecule has 1 atom stereocenters. The predicted octanol–water partition coefficient (Wildman–Crippen LogP) is 5.55. The number of carbonyl (C=O) groups is 1. The highest BCUT2D eigenvalue weighted by Gasteiger charge is 2.30. The van der Waals surface area contributed by atoms with Crippen molar-refractivity contribution in [1.29, 1.82) is 0 Å². The summed E-state index contributed by atoms with van der Waals surface area (Å²) in [6.45, 7) is 7.06. The van der Waals surface area contributed by atoms with Crippen LogP contribution in [0.25, 0.3) is 0 Å². The molecule has 0 bridgehead atoms. The van der Waals surface area contributed by atoms with Gasteiger partial charge in [-0.05, 0) is 61.7 Å². The molecule has 0 fully saturated rings. The Balaban J connectivity index is 1.55. The number of nitrogens with one attached hydrogen (secondary N) is 1. The van der Waals surface area contributed by atoms with Gasteiger partial charge in [-0.15, -0.1) is 0 Å². The monoisotopic (exact) mass is 418 g/mol. The number of amides is 1. The molecule has 4 rings (SSSR count). The second kappa shape index (κ2) is 8.80. The first-order valence-electron chi connectivity index (χ1n) is 10.5. The molecule has 1 amide bonds. The van der Waals surface area contributed by atoms with Crippen molar-refractivity contribution in [3.8, 4) is 5.75 Å². The fraction of sp³-hybridized carbons (Fsp3) is 0.269. The van der Waals surface area contributed by atoms with Crippen LogP contribution in [0.3, 0.4) is 0 Å². The van der Waals surface area contributed by atoms with E-state index in [1.165, 1.54) is 23.3 Å². The quantitative estimate of drug-likeness (QED) is 0.591. The zero-order chi connectivity index (χ0) is 22.0. The summed E-state index contributed by atoms with van der Waals surface area (Å²) in [7, 11) is 0. The highest BCUT2D eigenvalue weighted by molar-refractivity contribution is 5.91. The van der Waals surface area contributed by atoms with Crippen molar-refractivity contribution in [3.05, 3.63) is 88.7 Å². The molecule has 0 radical (unpaired) electrons. The second-order valence-electron chi connectivity index (χ2n) is 8.24. The lowest BCUT2D eigenvalue weighted by Crippen LogP contribution is -2.44. The van der Waals surface area contributed by atoms with E-state index < -0.39 is 0 Å². The minimum atomic E-state index is -0.333. The fourth-order valence-corrected chi connectivity index (χ4v) is 3.83. The van der Waals surface area contributed by atoms with Crippen molar-refractivity contribution in [2.45, 2.75) is 39.8 Å². The van der Waals surface area contributed by atoms with E-state index in [2.05, 4.69) is 41.4 Å². The average Bonchev–Trinajstić information content (AvgIpc) is 2.74. The number of halogens is 1. The maximum absolute atomic E-state index is 13.7. The first kappa shape index (κ1) is 20.9. The van der Waals surface area contributed by atoms with Crippen molar-refractivity contribution in [2.75, 3.05) is 16.8 Å². The average molecular weight is 419 g/mol. The Bertz CT molecular complexity index is 1100. The molecule has 4 nitrogen and oxygen atoms in total. The number of hydrogen-bond acceptors (Lipinski definition) is 3. The van der Waals surface area contributed by atoms with Crippen molar-refractivity contribution in [1.82, 2.24) is 0 Å². The number of nitrogens with zero attached hydrogens (tertiary/aromatic N) is 1. The third kappa shape index (κ3) is 4.88. The molecule has 1 aliphatic rings. The topological polar surface area (TPSA) is 41.6 Å². The summed E-state index contributed by atoms with van der Waals surface area (Å²) < 4.78 is 19.6. The van der Waals surface area contributed by atoms with Crippen molar-refractivity contribution in [2.24, 2.45) is 0 Å². The number of carbonyl (C=O) groups excluding carboxylic acids is 1. The molecule has 0 spiro atoms.